The highest BCUT2D eigenvalue weighted by Gasteiger charge is 2.19. The zero-order valence-electron chi connectivity index (χ0n) is 11.4. The SMILES string of the molecule is CCN(Cc1cccc(Cl)c1)C(=O)c1cccc(F)c1Br. The predicted molar refractivity (Wildman–Crippen MR) is 86.0 cm³/mol. The van der Waals surface area contributed by atoms with Crippen molar-refractivity contribution in [2.45, 2.75) is 13.5 Å². The number of carbonyl (C=O) groups is 1. The van der Waals surface area contributed by atoms with Crippen LogP contribution >= 0.6 is 27.5 Å². The molecule has 0 aliphatic rings. The molecule has 0 aromatic heterocycles. The van der Waals surface area contributed by atoms with Crippen molar-refractivity contribution in [3.05, 3.63) is 68.9 Å². The summed E-state index contributed by atoms with van der Waals surface area (Å²) >= 11 is 9.09. The Morgan fingerprint density at radius 1 is 1.29 bits per heavy atom. The summed E-state index contributed by atoms with van der Waals surface area (Å²) in [6.45, 7) is 2.84. The van der Waals surface area contributed by atoms with E-state index in [9.17, 15) is 9.18 Å². The van der Waals surface area contributed by atoms with Crippen LogP contribution in [0.2, 0.25) is 5.02 Å². The lowest BCUT2D eigenvalue weighted by Gasteiger charge is -2.22. The standard InChI is InChI=1S/C16H14BrClFNO/c1-2-20(10-11-5-3-6-12(18)9-11)16(21)13-7-4-8-14(19)15(13)17/h3-9H,2,10H2,1H3. The first kappa shape index (κ1) is 16.0. The fourth-order valence-electron chi connectivity index (χ4n) is 2.02. The molecule has 0 saturated heterocycles. The fourth-order valence-corrected chi connectivity index (χ4v) is 2.67. The Morgan fingerprint density at radius 3 is 2.67 bits per heavy atom. The van der Waals surface area contributed by atoms with Crippen LogP contribution < -0.4 is 0 Å². The summed E-state index contributed by atoms with van der Waals surface area (Å²) in [5, 5.41) is 0.628. The van der Waals surface area contributed by atoms with E-state index in [4.69, 9.17) is 11.6 Å². The van der Waals surface area contributed by atoms with Crippen LogP contribution in [0.1, 0.15) is 22.8 Å². The predicted octanol–water partition coefficient (Wildman–Crippen LogP) is 4.90. The van der Waals surface area contributed by atoms with Crippen molar-refractivity contribution in [1.29, 1.82) is 0 Å². The molecule has 0 heterocycles. The molecule has 110 valence electrons. The Balaban J connectivity index is 2.25. The van der Waals surface area contributed by atoms with Gasteiger partial charge in [0.2, 0.25) is 0 Å². The molecule has 0 N–H and O–H groups in total. The van der Waals surface area contributed by atoms with Gasteiger partial charge in [-0.25, -0.2) is 4.39 Å². The van der Waals surface area contributed by atoms with Gasteiger partial charge in [-0.15, -0.1) is 0 Å². The molecular weight excluding hydrogens is 357 g/mol. The van der Waals surface area contributed by atoms with E-state index in [0.717, 1.165) is 5.56 Å². The lowest BCUT2D eigenvalue weighted by molar-refractivity contribution is 0.0751. The molecule has 2 aromatic rings. The fraction of sp³-hybridized carbons (Fsp3) is 0.188. The van der Waals surface area contributed by atoms with E-state index in [1.54, 1.807) is 17.0 Å². The topological polar surface area (TPSA) is 20.3 Å². The molecule has 0 radical (unpaired) electrons. The second-order valence-electron chi connectivity index (χ2n) is 4.55. The minimum Gasteiger partial charge on any atom is -0.335 e. The lowest BCUT2D eigenvalue weighted by Crippen LogP contribution is -2.30. The van der Waals surface area contributed by atoms with Crippen molar-refractivity contribution in [1.82, 2.24) is 4.90 Å². The zero-order valence-corrected chi connectivity index (χ0v) is 13.8. The van der Waals surface area contributed by atoms with E-state index in [1.807, 2.05) is 25.1 Å². The molecule has 0 unspecified atom stereocenters. The first-order chi connectivity index (χ1) is 10.0. The van der Waals surface area contributed by atoms with Crippen molar-refractivity contribution >= 4 is 33.4 Å². The summed E-state index contributed by atoms with van der Waals surface area (Å²) in [6.07, 6.45) is 0. The minimum atomic E-state index is -0.445. The summed E-state index contributed by atoms with van der Waals surface area (Å²) in [6, 6.07) is 11.8. The van der Waals surface area contributed by atoms with E-state index in [1.165, 1.54) is 12.1 Å². The molecule has 2 nitrogen and oxygen atoms in total. The maximum absolute atomic E-state index is 13.6. The zero-order chi connectivity index (χ0) is 15.4. The molecule has 0 fully saturated rings. The Labute approximate surface area is 136 Å². The van der Waals surface area contributed by atoms with E-state index in [0.29, 0.717) is 23.7 Å². The van der Waals surface area contributed by atoms with Gasteiger partial charge in [0.25, 0.3) is 5.91 Å². The highest BCUT2D eigenvalue weighted by molar-refractivity contribution is 9.10. The van der Waals surface area contributed by atoms with Gasteiger partial charge in [0.15, 0.2) is 0 Å². The van der Waals surface area contributed by atoms with Gasteiger partial charge in [0, 0.05) is 18.1 Å². The summed E-state index contributed by atoms with van der Waals surface area (Å²) in [5.41, 5.74) is 1.25. The third kappa shape index (κ3) is 3.83. The monoisotopic (exact) mass is 369 g/mol. The second-order valence-corrected chi connectivity index (χ2v) is 5.78. The number of nitrogens with zero attached hydrogens (tertiary/aromatic N) is 1. The van der Waals surface area contributed by atoms with Crippen LogP contribution in [0, 0.1) is 5.82 Å². The van der Waals surface area contributed by atoms with Gasteiger partial charge < -0.3 is 4.90 Å². The van der Waals surface area contributed by atoms with E-state index < -0.39 is 5.82 Å². The molecule has 0 atom stereocenters. The average molecular weight is 371 g/mol. The molecule has 0 aliphatic heterocycles. The lowest BCUT2D eigenvalue weighted by atomic mass is 10.1. The summed E-state index contributed by atoms with van der Waals surface area (Å²) < 4.78 is 13.7. The first-order valence-electron chi connectivity index (χ1n) is 6.50. The van der Waals surface area contributed by atoms with Gasteiger partial charge in [0.05, 0.1) is 10.0 Å². The van der Waals surface area contributed by atoms with Gasteiger partial charge in [-0.1, -0.05) is 29.8 Å². The highest BCUT2D eigenvalue weighted by atomic mass is 79.9. The molecule has 21 heavy (non-hydrogen) atoms. The van der Waals surface area contributed by atoms with Crippen molar-refractivity contribution in [3.8, 4) is 0 Å². The van der Waals surface area contributed by atoms with Crippen LogP contribution in [0.15, 0.2) is 46.9 Å². The summed E-state index contributed by atoms with van der Waals surface area (Å²) in [4.78, 5) is 14.2. The average Bonchev–Trinajstić information content (AvgIpc) is 2.47. The van der Waals surface area contributed by atoms with Crippen molar-refractivity contribution < 1.29 is 9.18 Å². The van der Waals surface area contributed by atoms with Crippen LogP contribution in [0.3, 0.4) is 0 Å². The number of amides is 1. The van der Waals surface area contributed by atoms with Crippen LogP contribution in [-0.4, -0.2) is 17.4 Å². The molecule has 2 rings (SSSR count). The Kier molecular flexibility index (Phi) is 5.37. The van der Waals surface area contributed by atoms with Gasteiger partial charge >= 0.3 is 0 Å². The van der Waals surface area contributed by atoms with E-state index in [2.05, 4.69) is 15.9 Å². The number of hydrogen-bond acceptors (Lipinski definition) is 1. The quantitative estimate of drug-likeness (QED) is 0.749. The maximum Gasteiger partial charge on any atom is 0.255 e. The Hall–Kier alpha value is -1.39. The van der Waals surface area contributed by atoms with Crippen LogP contribution in [-0.2, 0) is 6.54 Å². The van der Waals surface area contributed by atoms with Crippen molar-refractivity contribution in [2.24, 2.45) is 0 Å². The van der Waals surface area contributed by atoms with Crippen LogP contribution in [0.4, 0.5) is 4.39 Å². The number of halogens is 3. The molecular formula is C16H14BrClFNO. The van der Waals surface area contributed by atoms with Crippen molar-refractivity contribution in [2.75, 3.05) is 6.54 Å². The van der Waals surface area contributed by atoms with E-state index in [-0.39, 0.29) is 10.4 Å². The number of rotatable bonds is 4. The number of carbonyl (C=O) groups excluding carboxylic acids is 1. The summed E-state index contributed by atoms with van der Waals surface area (Å²) in [5.74, 6) is -0.663. The molecule has 1 amide bonds. The Morgan fingerprint density at radius 2 is 2.00 bits per heavy atom. The van der Waals surface area contributed by atoms with Crippen molar-refractivity contribution in [3.63, 3.8) is 0 Å². The number of hydrogen-bond donors (Lipinski definition) is 0. The minimum absolute atomic E-state index is 0.194. The summed E-state index contributed by atoms with van der Waals surface area (Å²) in [7, 11) is 0. The van der Waals surface area contributed by atoms with E-state index >= 15 is 0 Å². The van der Waals surface area contributed by atoms with Crippen LogP contribution in [0.5, 0.6) is 0 Å². The highest BCUT2D eigenvalue weighted by Crippen LogP contribution is 2.23. The second kappa shape index (κ2) is 7.05. The normalized spacial score (nSPS) is 10.5. The maximum atomic E-state index is 13.6. The molecule has 0 saturated carbocycles. The molecule has 2 aromatic carbocycles. The first-order valence-corrected chi connectivity index (χ1v) is 7.67. The molecule has 5 heteroatoms. The van der Waals surface area contributed by atoms with Crippen LogP contribution in [0.25, 0.3) is 0 Å². The largest absolute Gasteiger partial charge is 0.335 e. The number of benzene rings is 2. The molecule has 0 spiro atoms. The van der Waals surface area contributed by atoms with Gasteiger partial charge in [-0.3, -0.25) is 4.79 Å². The Bertz CT molecular complexity index is 662. The third-order valence-electron chi connectivity index (χ3n) is 3.11. The smallest absolute Gasteiger partial charge is 0.255 e. The van der Waals surface area contributed by atoms with Gasteiger partial charge in [0.1, 0.15) is 5.82 Å². The van der Waals surface area contributed by atoms with Gasteiger partial charge in [-0.2, -0.15) is 0 Å². The van der Waals surface area contributed by atoms with Gasteiger partial charge in [-0.05, 0) is 52.7 Å². The molecule has 0 aliphatic carbocycles. The molecule has 0 bridgehead atoms. The third-order valence-corrected chi connectivity index (χ3v) is 4.15.